The Bertz CT molecular complexity index is 491. The largest absolute Gasteiger partial charge is 0.469 e. The molecule has 0 aliphatic heterocycles. The van der Waals surface area contributed by atoms with Crippen molar-refractivity contribution in [1.82, 2.24) is 0 Å². The summed E-state index contributed by atoms with van der Waals surface area (Å²) in [7, 11) is 0. The molecule has 3 nitrogen and oxygen atoms in total. The lowest BCUT2D eigenvalue weighted by molar-refractivity contribution is 0.495. The number of nitrogens with one attached hydrogen (secondary N) is 1. The van der Waals surface area contributed by atoms with Crippen molar-refractivity contribution in [2.45, 2.75) is 32.7 Å². The fourth-order valence-electron chi connectivity index (χ4n) is 1.95. The first-order valence-corrected chi connectivity index (χ1v) is 6.30. The highest BCUT2D eigenvalue weighted by atomic mass is 16.3. The lowest BCUT2D eigenvalue weighted by atomic mass is 10.1. The first kappa shape index (κ1) is 12.6. The number of benzene rings is 1. The van der Waals surface area contributed by atoms with Crippen molar-refractivity contribution in [3.63, 3.8) is 0 Å². The Morgan fingerprint density at radius 1 is 1.33 bits per heavy atom. The fourth-order valence-corrected chi connectivity index (χ4v) is 1.95. The number of hydrogen-bond acceptors (Lipinski definition) is 3. The van der Waals surface area contributed by atoms with Crippen LogP contribution in [0.5, 0.6) is 0 Å². The van der Waals surface area contributed by atoms with Crippen molar-refractivity contribution < 1.29 is 4.42 Å². The van der Waals surface area contributed by atoms with Crippen LogP contribution in [0.25, 0.3) is 0 Å². The normalized spacial score (nSPS) is 12.3. The van der Waals surface area contributed by atoms with E-state index in [1.54, 1.807) is 6.26 Å². The van der Waals surface area contributed by atoms with Gasteiger partial charge in [-0.3, -0.25) is 0 Å². The number of aryl methyl sites for hydroxylation is 2. The van der Waals surface area contributed by atoms with Crippen LogP contribution in [0, 0.1) is 6.92 Å². The van der Waals surface area contributed by atoms with Gasteiger partial charge in [-0.2, -0.15) is 0 Å². The van der Waals surface area contributed by atoms with E-state index in [1.807, 2.05) is 30.3 Å². The first-order chi connectivity index (χ1) is 8.65. The molecule has 0 saturated carbocycles. The summed E-state index contributed by atoms with van der Waals surface area (Å²) in [5, 5.41) is 3.49. The Hall–Kier alpha value is -1.90. The number of furan rings is 1. The molecule has 3 heteroatoms. The third-order valence-corrected chi connectivity index (χ3v) is 3.07. The molecule has 0 radical (unpaired) electrons. The molecule has 1 aromatic heterocycles. The third-order valence-electron chi connectivity index (χ3n) is 3.07. The minimum Gasteiger partial charge on any atom is -0.469 e. The SMILES string of the molecule is Cc1ccc(N)cc1NC(C)CCc1ccco1. The standard InChI is InChI=1S/C15H20N2O/c1-11-5-7-13(16)10-15(11)17-12(2)6-8-14-4-3-9-18-14/h3-5,7,9-10,12,17H,6,8,16H2,1-2H3. The molecule has 0 saturated heterocycles. The number of rotatable bonds is 5. The predicted octanol–water partition coefficient (Wildman–Crippen LogP) is 3.60. The first-order valence-electron chi connectivity index (χ1n) is 6.30. The van der Waals surface area contributed by atoms with Crippen LogP contribution in [0.3, 0.4) is 0 Å². The van der Waals surface area contributed by atoms with E-state index in [1.165, 1.54) is 5.56 Å². The Morgan fingerprint density at radius 2 is 2.17 bits per heavy atom. The summed E-state index contributed by atoms with van der Waals surface area (Å²) in [4.78, 5) is 0. The highest BCUT2D eigenvalue weighted by molar-refractivity contribution is 5.59. The van der Waals surface area contributed by atoms with Gasteiger partial charge in [-0.1, -0.05) is 6.07 Å². The molecule has 1 atom stereocenters. The Labute approximate surface area is 108 Å². The maximum atomic E-state index is 5.80. The van der Waals surface area contributed by atoms with Crippen LogP contribution in [0.15, 0.2) is 41.0 Å². The van der Waals surface area contributed by atoms with Crippen LogP contribution in [-0.4, -0.2) is 6.04 Å². The molecule has 0 bridgehead atoms. The van der Waals surface area contributed by atoms with Crippen molar-refractivity contribution in [3.8, 4) is 0 Å². The van der Waals surface area contributed by atoms with Crippen molar-refractivity contribution in [3.05, 3.63) is 47.9 Å². The molecule has 0 aliphatic rings. The lowest BCUT2D eigenvalue weighted by Crippen LogP contribution is -2.16. The molecular formula is C15H20N2O. The summed E-state index contributed by atoms with van der Waals surface area (Å²) < 4.78 is 5.33. The summed E-state index contributed by atoms with van der Waals surface area (Å²) >= 11 is 0. The molecule has 0 fully saturated rings. The maximum absolute atomic E-state index is 5.80. The summed E-state index contributed by atoms with van der Waals surface area (Å²) in [6, 6.07) is 10.3. The molecule has 1 heterocycles. The summed E-state index contributed by atoms with van der Waals surface area (Å²) in [5.74, 6) is 1.04. The van der Waals surface area contributed by atoms with E-state index >= 15 is 0 Å². The van der Waals surface area contributed by atoms with Crippen LogP contribution >= 0.6 is 0 Å². The molecule has 3 N–H and O–H groups in total. The van der Waals surface area contributed by atoms with E-state index < -0.39 is 0 Å². The van der Waals surface area contributed by atoms with Gasteiger partial charge in [0.1, 0.15) is 5.76 Å². The Morgan fingerprint density at radius 3 is 2.89 bits per heavy atom. The second-order valence-corrected chi connectivity index (χ2v) is 4.74. The molecule has 0 amide bonds. The van der Waals surface area contributed by atoms with Gasteiger partial charge >= 0.3 is 0 Å². The smallest absolute Gasteiger partial charge is 0.103 e. The van der Waals surface area contributed by atoms with Crippen molar-refractivity contribution in [2.24, 2.45) is 0 Å². The van der Waals surface area contributed by atoms with E-state index in [-0.39, 0.29) is 0 Å². The highest BCUT2D eigenvalue weighted by Crippen LogP contribution is 2.20. The van der Waals surface area contributed by atoms with Gasteiger partial charge in [-0.05, 0) is 50.1 Å². The van der Waals surface area contributed by atoms with E-state index in [2.05, 4.69) is 19.2 Å². The number of nitrogen functional groups attached to an aromatic ring is 1. The summed E-state index contributed by atoms with van der Waals surface area (Å²) in [6.07, 6.45) is 3.69. The Balaban J connectivity index is 1.90. The fraction of sp³-hybridized carbons (Fsp3) is 0.333. The molecule has 1 unspecified atom stereocenters. The monoisotopic (exact) mass is 244 g/mol. The van der Waals surface area contributed by atoms with E-state index in [4.69, 9.17) is 10.2 Å². The molecule has 0 spiro atoms. The molecule has 96 valence electrons. The molecule has 0 aliphatic carbocycles. The zero-order valence-corrected chi connectivity index (χ0v) is 10.9. The van der Waals surface area contributed by atoms with Crippen LogP contribution in [0.1, 0.15) is 24.7 Å². The maximum Gasteiger partial charge on any atom is 0.103 e. The molecule has 1 aromatic carbocycles. The highest BCUT2D eigenvalue weighted by Gasteiger charge is 2.06. The number of hydrogen-bond donors (Lipinski definition) is 2. The van der Waals surface area contributed by atoms with Gasteiger partial charge in [0.05, 0.1) is 6.26 Å². The molecule has 18 heavy (non-hydrogen) atoms. The topological polar surface area (TPSA) is 51.2 Å². The second kappa shape index (κ2) is 5.63. The average Bonchev–Trinajstić information content (AvgIpc) is 2.84. The van der Waals surface area contributed by atoms with Gasteiger partial charge in [0.25, 0.3) is 0 Å². The van der Waals surface area contributed by atoms with Gasteiger partial charge in [0.15, 0.2) is 0 Å². The van der Waals surface area contributed by atoms with Gasteiger partial charge < -0.3 is 15.5 Å². The van der Waals surface area contributed by atoms with Gasteiger partial charge in [-0.15, -0.1) is 0 Å². The van der Waals surface area contributed by atoms with Crippen molar-refractivity contribution >= 4 is 11.4 Å². The quantitative estimate of drug-likeness (QED) is 0.790. The van der Waals surface area contributed by atoms with Crippen LogP contribution in [0.2, 0.25) is 0 Å². The van der Waals surface area contributed by atoms with Gasteiger partial charge in [0, 0.05) is 23.8 Å². The van der Waals surface area contributed by atoms with Crippen molar-refractivity contribution in [2.75, 3.05) is 11.1 Å². The molecule has 2 aromatic rings. The summed E-state index contributed by atoms with van der Waals surface area (Å²) in [6.45, 7) is 4.26. The third kappa shape index (κ3) is 3.29. The van der Waals surface area contributed by atoms with Gasteiger partial charge in [0.2, 0.25) is 0 Å². The predicted molar refractivity (Wildman–Crippen MR) is 75.7 cm³/mol. The minimum absolute atomic E-state index is 0.385. The van der Waals surface area contributed by atoms with Crippen molar-refractivity contribution in [1.29, 1.82) is 0 Å². The van der Waals surface area contributed by atoms with E-state index in [0.29, 0.717) is 6.04 Å². The Kier molecular flexibility index (Phi) is 3.92. The minimum atomic E-state index is 0.385. The van der Waals surface area contributed by atoms with Crippen LogP contribution in [-0.2, 0) is 6.42 Å². The van der Waals surface area contributed by atoms with Gasteiger partial charge in [-0.25, -0.2) is 0 Å². The molecular weight excluding hydrogens is 224 g/mol. The zero-order valence-electron chi connectivity index (χ0n) is 10.9. The average molecular weight is 244 g/mol. The molecule has 2 rings (SSSR count). The number of anilines is 2. The van der Waals surface area contributed by atoms with Crippen LogP contribution in [0.4, 0.5) is 11.4 Å². The zero-order chi connectivity index (χ0) is 13.0. The summed E-state index contributed by atoms with van der Waals surface area (Å²) in [5.41, 5.74) is 8.92. The van der Waals surface area contributed by atoms with E-state index in [9.17, 15) is 0 Å². The number of nitrogens with two attached hydrogens (primary N) is 1. The van der Waals surface area contributed by atoms with Crippen LogP contribution < -0.4 is 11.1 Å². The lowest BCUT2D eigenvalue weighted by Gasteiger charge is -2.17. The second-order valence-electron chi connectivity index (χ2n) is 4.74. The van der Waals surface area contributed by atoms with E-state index in [0.717, 1.165) is 30.0 Å².